The Labute approximate surface area is 142 Å². The Bertz CT molecular complexity index is 620. The number of esters is 1. The standard InChI is InChI=1S/C19H24O5/c1-13(11-12-20)9-7-5-4-6-8-10-14(2)17(21)16-18(22)15(3)24-19(16)23/h4-5,7,9-10,13,20-21H,3,6,8,11-12H2,1-2H3/b5-4+,9-7+,14-10+,17-16?/t13-/m1/s1. The van der Waals surface area contributed by atoms with Crippen molar-refractivity contribution in [1.29, 1.82) is 0 Å². The minimum Gasteiger partial charge on any atom is -0.507 e. The topological polar surface area (TPSA) is 83.8 Å². The third-order valence-corrected chi connectivity index (χ3v) is 3.57. The van der Waals surface area contributed by atoms with Crippen LogP contribution in [0.5, 0.6) is 0 Å². The summed E-state index contributed by atoms with van der Waals surface area (Å²) < 4.78 is 4.60. The summed E-state index contributed by atoms with van der Waals surface area (Å²) in [6, 6.07) is 0. The van der Waals surface area contributed by atoms with Gasteiger partial charge in [0, 0.05) is 6.61 Å². The highest BCUT2D eigenvalue weighted by Crippen LogP contribution is 2.24. The second kappa shape index (κ2) is 9.67. The van der Waals surface area contributed by atoms with Crippen LogP contribution in [-0.2, 0) is 14.3 Å². The van der Waals surface area contributed by atoms with E-state index >= 15 is 0 Å². The van der Waals surface area contributed by atoms with Gasteiger partial charge < -0.3 is 14.9 Å². The number of Topliss-reactive ketones (excluding diaryl/α,β-unsaturated/α-hetero) is 1. The number of hydrogen-bond donors (Lipinski definition) is 2. The predicted molar refractivity (Wildman–Crippen MR) is 92.0 cm³/mol. The molecule has 1 heterocycles. The first-order chi connectivity index (χ1) is 11.4. The van der Waals surface area contributed by atoms with E-state index in [1.165, 1.54) is 0 Å². The minimum absolute atomic E-state index is 0.182. The number of aliphatic hydroxyl groups excluding tert-OH is 2. The maximum absolute atomic E-state index is 11.7. The van der Waals surface area contributed by atoms with Crippen molar-refractivity contribution in [3.8, 4) is 0 Å². The molecule has 0 aromatic rings. The third kappa shape index (κ3) is 5.66. The van der Waals surface area contributed by atoms with Crippen molar-refractivity contribution in [2.45, 2.75) is 33.1 Å². The Morgan fingerprint density at radius 3 is 2.58 bits per heavy atom. The van der Waals surface area contributed by atoms with Crippen LogP contribution in [0, 0.1) is 5.92 Å². The maximum Gasteiger partial charge on any atom is 0.351 e. The number of rotatable bonds is 8. The Kier molecular flexibility index (Phi) is 7.92. The summed E-state index contributed by atoms with van der Waals surface area (Å²) in [5, 5.41) is 18.8. The summed E-state index contributed by atoms with van der Waals surface area (Å²) >= 11 is 0. The molecule has 1 saturated heterocycles. The largest absolute Gasteiger partial charge is 0.507 e. The van der Waals surface area contributed by atoms with Gasteiger partial charge in [0.1, 0.15) is 5.76 Å². The molecule has 0 saturated carbocycles. The molecule has 0 aliphatic carbocycles. The van der Waals surface area contributed by atoms with Crippen molar-refractivity contribution >= 4 is 11.8 Å². The van der Waals surface area contributed by atoms with Gasteiger partial charge in [0.15, 0.2) is 11.3 Å². The zero-order valence-corrected chi connectivity index (χ0v) is 14.1. The highest BCUT2D eigenvalue weighted by molar-refractivity contribution is 6.28. The summed E-state index contributed by atoms with van der Waals surface area (Å²) in [6.45, 7) is 7.16. The molecule has 0 unspecified atom stereocenters. The lowest BCUT2D eigenvalue weighted by atomic mass is 10.1. The average molecular weight is 332 g/mol. The molecule has 24 heavy (non-hydrogen) atoms. The molecule has 1 fully saturated rings. The fourth-order valence-electron chi connectivity index (χ4n) is 2.06. The quantitative estimate of drug-likeness (QED) is 0.178. The van der Waals surface area contributed by atoms with Crippen molar-refractivity contribution in [1.82, 2.24) is 0 Å². The molecule has 130 valence electrons. The zero-order valence-electron chi connectivity index (χ0n) is 14.1. The molecule has 0 amide bonds. The number of carbonyl (C=O) groups excluding carboxylic acids is 2. The molecule has 1 rings (SSSR count). The molecule has 1 atom stereocenters. The van der Waals surface area contributed by atoms with Gasteiger partial charge in [-0.1, -0.05) is 43.9 Å². The fraction of sp³-hybridized carbons (Fsp3) is 0.368. The molecular weight excluding hydrogens is 308 g/mol. The minimum atomic E-state index is -0.864. The van der Waals surface area contributed by atoms with Gasteiger partial charge in [0.2, 0.25) is 5.78 Å². The van der Waals surface area contributed by atoms with Crippen LogP contribution in [-0.4, -0.2) is 28.6 Å². The molecule has 5 heteroatoms. The van der Waals surface area contributed by atoms with E-state index in [1.54, 1.807) is 13.0 Å². The SMILES string of the molecule is C=C1OC(=O)C(=C(O)/C(C)=C/CC/C=C/C=C/[C@@H](C)CCO)C1=O. The van der Waals surface area contributed by atoms with Crippen LogP contribution in [0.15, 0.2) is 59.6 Å². The van der Waals surface area contributed by atoms with Gasteiger partial charge in [-0.05, 0) is 37.7 Å². The molecule has 1 aliphatic rings. The monoisotopic (exact) mass is 332 g/mol. The van der Waals surface area contributed by atoms with E-state index < -0.39 is 11.8 Å². The van der Waals surface area contributed by atoms with Crippen LogP contribution in [0.25, 0.3) is 0 Å². The number of aliphatic hydroxyl groups is 2. The first kappa shape index (κ1) is 19.6. The number of hydrogen-bond acceptors (Lipinski definition) is 5. The first-order valence-electron chi connectivity index (χ1n) is 7.88. The number of carbonyl (C=O) groups is 2. The Hall–Kier alpha value is -2.40. The van der Waals surface area contributed by atoms with E-state index in [0.29, 0.717) is 17.9 Å². The van der Waals surface area contributed by atoms with Crippen molar-refractivity contribution in [3.63, 3.8) is 0 Å². The molecule has 0 aromatic heterocycles. The van der Waals surface area contributed by atoms with Crippen LogP contribution in [0.4, 0.5) is 0 Å². The number of allylic oxidation sites excluding steroid dienone is 7. The molecular formula is C19H24O5. The van der Waals surface area contributed by atoms with Gasteiger partial charge in [-0.15, -0.1) is 0 Å². The van der Waals surface area contributed by atoms with Crippen LogP contribution in [0.1, 0.15) is 33.1 Å². The van der Waals surface area contributed by atoms with Crippen molar-refractivity contribution in [2.75, 3.05) is 6.61 Å². The highest BCUT2D eigenvalue weighted by Gasteiger charge is 2.36. The number of ketones is 1. The lowest BCUT2D eigenvalue weighted by molar-refractivity contribution is -0.132. The third-order valence-electron chi connectivity index (χ3n) is 3.57. The molecule has 0 aromatic carbocycles. The Morgan fingerprint density at radius 1 is 1.29 bits per heavy atom. The van der Waals surface area contributed by atoms with Crippen molar-refractivity contribution in [3.05, 3.63) is 59.6 Å². The lowest BCUT2D eigenvalue weighted by Gasteiger charge is -2.01. The van der Waals surface area contributed by atoms with Crippen LogP contribution in [0.3, 0.4) is 0 Å². The lowest BCUT2D eigenvalue weighted by Crippen LogP contribution is -2.06. The number of unbranched alkanes of at least 4 members (excludes halogenated alkanes) is 1. The van der Waals surface area contributed by atoms with E-state index in [1.807, 2.05) is 31.2 Å². The smallest absolute Gasteiger partial charge is 0.351 e. The van der Waals surface area contributed by atoms with E-state index in [2.05, 4.69) is 11.3 Å². The van der Waals surface area contributed by atoms with E-state index in [-0.39, 0.29) is 23.7 Å². The molecule has 1 aliphatic heterocycles. The zero-order chi connectivity index (χ0) is 18.1. The summed E-state index contributed by atoms with van der Waals surface area (Å²) in [5.41, 5.74) is 0.0932. The maximum atomic E-state index is 11.7. The molecule has 0 bridgehead atoms. The van der Waals surface area contributed by atoms with Crippen molar-refractivity contribution in [2.24, 2.45) is 5.92 Å². The molecule has 2 N–H and O–H groups in total. The van der Waals surface area contributed by atoms with Gasteiger partial charge in [0.25, 0.3) is 0 Å². The Morgan fingerprint density at radius 2 is 2.00 bits per heavy atom. The average Bonchev–Trinajstić information content (AvgIpc) is 2.78. The first-order valence-corrected chi connectivity index (χ1v) is 7.88. The highest BCUT2D eigenvalue weighted by atomic mass is 16.5. The van der Waals surface area contributed by atoms with Gasteiger partial charge in [-0.2, -0.15) is 0 Å². The second-order valence-electron chi connectivity index (χ2n) is 5.63. The number of ether oxygens (including phenoxy) is 1. The summed E-state index contributed by atoms with van der Waals surface area (Å²) in [6.07, 6.45) is 11.8. The number of cyclic esters (lactones) is 1. The van der Waals surface area contributed by atoms with E-state index in [0.717, 1.165) is 12.8 Å². The molecule has 0 spiro atoms. The molecule has 5 nitrogen and oxygen atoms in total. The predicted octanol–water partition coefficient (Wildman–Crippen LogP) is 3.30. The van der Waals surface area contributed by atoms with Gasteiger partial charge in [-0.3, -0.25) is 4.79 Å². The summed E-state index contributed by atoms with van der Waals surface area (Å²) in [7, 11) is 0. The van der Waals surface area contributed by atoms with Gasteiger partial charge in [-0.25, -0.2) is 4.79 Å². The summed E-state index contributed by atoms with van der Waals surface area (Å²) in [5.74, 6) is -1.82. The fourth-order valence-corrected chi connectivity index (χ4v) is 2.06. The Balaban J connectivity index is 2.55. The van der Waals surface area contributed by atoms with Crippen molar-refractivity contribution < 1.29 is 24.5 Å². The summed E-state index contributed by atoms with van der Waals surface area (Å²) in [4.78, 5) is 23.2. The van der Waals surface area contributed by atoms with Gasteiger partial charge >= 0.3 is 5.97 Å². The van der Waals surface area contributed by atoms with Gasteiger partial charge in [0.05, 0.1) is 0 Å². The van der Waals surface area contributed by atoms with E-state index in [9.17, 15) is 14.7 Å². The van der Waals surface area contributed by atoms with E-state index in [4.69, 9.17) is 5.11 Å². The molecule has 0 radical (unpaired) electrons. The van der Waals surface area contributed by atoms with Crippen LogP contribution < -0.4 is 0 Å². The normalized spacial score (nSPS) is 19.5. The second-order valence-corrected chi connectivity index (χ2v) is 5.63. The van der Waals surface area contributed by atoms with Crippen LogP contribution in [0.2, 0.25) is 0 Å². The van der Waals surface area contributed by atoms with Crippen LogP contribution >= 0.6 is 0 Å².